The third-order valence-corrected chi connectivity index (χ3v) is 5.02. The fourth-order valence-corrected chi connectivity index (χ4v) is 3.60. The number of unbranched alkanes of at least 4 members (excludes halogenated alkanes) is 1. The van der Waals surface area contributed by atoms with Gasteiger partial charge in [-0.25, -0.2) is 4.79 Å². The first-order chi connectivity index (χ1) is 12.5. The van der Waals surface area contributed by atoms with Gasteiger partial charge in [-0.15, -0.1) is 4.40 Å². The molecule has 26 heavy (non-hydrogen) atoms. The van der Waals surface area contributed by atoms with Gasteiger partial charge in [-0.05, 0) is 42.8 Å². The van der Waals surface area contributed by atoms with E-state index >= 15 is 0 Å². The number of nitriles is 1. The van der Waals surface area contributed by atoms with Gasteiger partial charge in [0, 0.05) is 17.7 Å². The molecular weight excluding hydrogens is 354 g/mol. The number of nitrogens with one attached hydrogen (secondary N) is 1. The van der Waals surface area contributed by atoms with Crippen LogP contribution in [0.25, 0.3) is 0 Å². The molecule has 132 valence electrons. The Labute approximate surface area is 151 Å². The Balaban J connectivity index is 1.69. The van der Waals surface area contributed by atoms with Crippen molar-refractivity contribution in [3.63, 3.8) is 0 Å². The second kappa shape index (κ2) is 7.37. The maximum atomic E-state index is 12.0. The lowest BCUT2D eigenvalue weighted by Gasteiger charge is -2.08. The monoisotopic (exact) mass is 369 g/mol. The largest absolute Gasteiger partial charge is 0.462 e. The lowest BCUT2D eigenvalue weighted by atomic mass is 10.1. The Morgan fingerprint density at radius 1 is 1.15 bits per heavy atom. The van der Waals surface area contributed by atoms with Gasteiger partial charge in [0.1, 0.15) is 4.90 Å². The average Bonchev–Trinajstić information content (AvgIpc) is 2.90. The van der Waals surface area contributed by atoms with Crippen LogP contribution < -0.4 is 5.32 Å². The van der Waals surface area contributed by atoms with Crippen molar-refractivity contribution in [2.75, 3.05) is 11.9 Å². The van der Waals surface area contributed by atoms with Crippen molar-refractivity contribution in [2.45, 2.75) is 17.7 Å². The van der Waals surface area contributed by atoms with E-state index in [1.165, 1.54) is 6.07 Å². The summed E-state index contributed by atoms with van der Waals surface area (Å²) < 4.78 is 32.9. The summed E-state index contributed by atoms with van der Waals surface area (Å²) in [4.78, 5) is 12.1. The number of rotatable bonds is 5. The number of ether oxygens (including phenoxy) is 1. The third-order valence-electron chi connectivity index (χ3n) is 3.68. The molecule has 2 aromatic rings. The Bertz CT molecular complexity index is 1010. The Hall–Kier alpha value is -3.18. The summed E-state index contributed by atoms with van der Waals surface area (Å²) in [5.41, 5.74) is 1.47. The number of esters is 1. The minimum Gasteiger partial charge on any atom is -0.462 e. The zero-order chi connectivity index (χ0) is 18.6. The highest BCUT2D eigenvalue weighted by atomic mass is 32.2. The van der Waals surface area contributed by atoms with Crippen LogP contribution in [0.15, 0.2) is 57.8 Å². The van der Waals surface area contributed by atoms with Crippen LogP contribution in [0, 0.1) is 11.3 Å². The van der Waals surface area contributed by atoms with E-state index in [1.807, 2.05) is 6.07 Å². The molecule has 0 fully saturated rings. The molecule has 0 unspecified atom stereocenters. The second-order valence-electron chi connectivity index (χ2n) is 5.51. The number of fused-ring (bicyclic) bond motifs is 1. The first-order valence-electron chi connectivity index (χ1n) is 7.87. The number of carbonyl (C=O) groups excluding carboxylic acids is 1. The number of sulfonamides is 1. The van der Waals surface area contributed by atoms with E-state index in [-0.39, 0.29) is 17.3 Å². The SMILES string of the molecule is N#CCCCOC(=O)c1ccc(NC2=NS(=O)(=O)c3ccccc32)cc1. The van der Waals surface area contributed by atoms with Crippen molar-refractivity contribution in [2.24, 2.45) is 4.40 Å². The topological polar surface area (TPSA) is 109 Å². The summed E-state index contributed by atoms with van der Waals surface area (Å²) in [6.07, 6.45) is 0.832. The number of anilines is 1. The zero-order valence-electron chi connectivity index (χ0n) is 13.7. The Morgan fingerprint density at radius 2 is 1.88 bits per heavy atom. The lowest BCUT2D eigenvalue weighted by molar-refractivity contribution is 0.0501. The number of amidine groups is 1. The molecule has 0 spiro atoms. The quantitative estimate of drug-likeness (QED) is 0.641. The summed E-state index contributed by atoms with van der Waals surface area (Å²) in [6, 6.07) is 15.0. The van der Waals surface area contributed by atoms with Crippen molar-refractivity contribution < 1.29 is 17.9 Å². The van der Waals surface area contributed by atoms with Crippen molar-refractivity contribution in [3.8, 4) is 6.07 Å². The maximum absolute atomic E-state index is 12.0. The van der Waals surface area contributed by atoms with Gasteiger partial charge in [-0.2, -0.15) is 13.7 Å². The molecular formula is C18H15N3O4S. The normalized spacial score (nSPS) is 14.0. The van der Waals surface area contributed by atoms with Crippen molar-refractivity contribution in [1.82, 2.24) is 0 Å². The van der Waals surface area contributed by atoms with Gasteiger partial charge >= 0.3 is 5.97 Å². The molecule has 1 aliphatic heterocycles. The van der Waals surface area contributed by atoms with E-state index < -0.39 is 16.0 Å². The molecule has 0 amide bonds. The molecule has 0 saturated carbocycles. The molecule has 0 saturated heterocycles. The molecule has 7 nitrogen and oxygen atoms in total. The summed E-state index contributed by atoms with van der Waals surface area (Å²) in [5.74, 6) is -0.229. The molecule has 1 aliphatic rings. The lowest BCUT2D eigenvalue weighted by Crippen LogP contribution is -2.12. The van der Waals surface area contributed by atoms with E-state index in [1.54, 1.807) is 42.5 Å². The summed E-state index contributed by atoms with van der Waals surface area (Å²) in [7, 11) is -3.68. The first kappa shape index (κ1) is 17.6. The minimum atomic E-state index is -3.68. The molecule has 1 heterocycles. The number of benzene rings is 2. The van der Waals surface area contributed by atoms with Crippen LogP contribution in [0.3, 0.4) is 0 Å². The molecule has 0 radical (unpaired) electrons. The molecule has 0 aromatic heterocycles. The maximum Gasteiger partial charge on any atom is 0.338 e. The molecule has 2 aromatic carbocycles. The summed E-state index contributed by atoms with van der Waals surface area (Å²) >= 11 is 0. The highest BCUT2D eigenvalue weighted by Gasteiger charge is 2.28. The van der Waals surface area contributed by atoms with Crippen LogP contribution in [0.4, 0.5) is 5.69 Å². The fourth-order valence-electron chi connectivity index (χ4n) is 2.42. The number of carbonyl (C=O) groups is 1. The number of hydrogen-bond acceptors (Lipinski definition) is 6. The fraction of sp³-hybridized carbons (Fsp3) is 0.167. The molecule has 0 atom stereocenters. The van der Waals surface area contributed by atoms with Gasteiger partial charge in [0.2, 0.25) is 0 Å². The van der Waals surface area contributed by atoms with Gasteiger partial charge in [0.05, 0.1) is 18.2 Å². The Morgan fingerprint density at radius 3 is 2.62 bits per heavy atom. The highest BCUT2D eigenvalue weighted by Crippen LogP contribution is 2.26. The average molecular weight is 369 g/mol. The van der Waals surface area contributed by atoms with E-state index in [0.29, 0.717) is 29.7 Å². The van der Waals surface area contributed by atoms with Gasteiger partial charge in [-0.1, -0.05) is 12.1 Å². The first-order valence-corrected chi connectivity index (χ1v) is 9.31. The van der Waals surface area contributed by atoms with Crippen LogP contribution in [0.1, 0.15) is 28.8 Å². The van der Waals surface area contributed by atoms with Crippen LogP contribution >= 0.6 is 0 Å². The van der Waals surface area contributed by atoms with E-state index in [0.717, 1.165) is 0 Å². The number of nitrogens with zero attached hydrogens (tertiary/aromatic N) is 2. The van der Waals surface area contributed by atoms with Crippen LogP contribution in [0.2, 0.25) is 0 Å². The van der Waals surface area contributed by atoms with E-state index in [4.69, 9.17) is 10.00 Å². The molecule has 1 N–H and O–H groups in total. The van der Waals surface area contributed by atoms with Gasteiger partial charge in [-0.3, -0.25) is 0 Å². The third kappa shape index (κ3) is 3.73. The Kier molecular flexibility index (Phi) is 5.00. The van der Waals surface area contributed by atoms with Gasteiger partial charge < -0.3 is 10.1 Å². The van der Waals surface area contributed by atoms with Gasteiger partial charge in [0.25, 0.3) is 10.0 Å². The highest BCUT2D eigenvalue weighted by molar-refractivity contribution is 7.90. The van der Waals surface area contributed by atoms with Crippen molar-refractivity contribution in [3.05, 3.63) is 59.7 Å². The van der Waals surface area contributed by atoms with Crippen molar-refractivity contribution >= 4 is 27.5 Å². The van der Waals surface area contributed by atoms with E-state index in [2.05, 4.69) is 9.71 Å². The minimum absolute atomic E-state index is 0.167. The molecule has 3 rings (SSSR count). The predicted octanol–water partition coefficient (Wildman–Crippen LogP) is 2.71. The molecule has 8 heteroatoms. The van der Waals surface area contributed by atoms with Crippen LogP contribution in [-0.2, 0) is 14.8 Å². The zero-order valence-corrected chi connectivity index (χ0v) is 14.5. The van der Waals surface area contributed by atoms with Crippen LogP contribution in [0.5, 0.6) is 0 Å². The predicted molar refractivity (Wildman–Crippen MR) is 95.4 cm³/mol. The standard InChI is InChI=1S/C18H15N3O4S/c19-11-3-4-12-25-18(22)13-7-9-14(10-8-13)20-17-15-5-1-2-6-16(15)26(23,24)21-17/h1-2,5-10H,3-4,12H2,(H,20,21). The van der Waals surface area contributed by atoms with Crippen LogP contribution in [-0.4, -0.2) is 26.8 Å². The summed E-state index contributed by atoms with van der Waals surface area (Å²) in [5, 5.41) is 11.4. The number of hydrogen-bond donors (Lipinski definition) is 1. The smallest absolute Gasteiger partial charge is 0.338 e. The molecule has 0 bridgehead atoms. The van der Waals surface area contributed by atoms with Crippen molar-refractivity contribution in [1.29, 1.82) is 5.26 Å². The summed E-state index contributed by atoms with van der Waals surface area (Å²) in [6.45, 7) is 0.192. The van der Waals surface area contributed by atoms with E-state index in [9.17, 15) is 13.2 Å². The second-order valence-corrected chi connectivity index (χ2v) is 7.08. The molecule has 0 aliphatic carbocycles. The van der Waals surface area contributed by atoms with Gasteiger partial charge in [0.15, 0.2) is 5.84 Å².